The van der Waals surface area contributed by atoms with Crippen LogP contribution in [-0.2, 0) is 14.8 Å². The number of benzene rings is 1. The molecule has 1 aliphatic carbocycles. The Kier molecular flexibility index (Phi) is 6.23. The highest BCUT2D eigenvalue weighted by atomic mass is 35.5. The smallest absolute Gasteiger partial charge is 0.252 e. The van der Waals surface area contributed by atoms with E-state index in [0.717, 1.165) is 19.3 Å². The fraction of sp³-hybridized carbons (Fsp3) is 0.556. The van der Waals surface area contributed by atoms with Gasteiger partial charge in [-0.05, 0) is 51.8 Å². The highest BCUT2D eigenvalue weighted by Gasteiger charge is 2.39. The molecule has 0 unspecified atom stereocenters. The van der Waals surface area contributed by atoms with Crippen molar-refractivity contribution in [3.63, 3.8) is 0 Å². The lowest BCUT2D eigenvalue weighted by Gasteiger charge is -2.35. The molecular formula is C18H26ClN3O4S. The fourth-order valence-corrected chi connectivity index (χ4v) is 5.13. The van der Waals surface area contributed by atoms with E-state index in [0.29, 0.717) is 12.8 Å². The van der Waals surface area contributed by atoms with Crippen LogP contribution in [0.5, 0.6) is 0 Å². The fourth-order valence-electron chi connectivity index (χ4n) is 3.19. The van der Waals surface area contributed by atoms with Crippen LogP contribution in [0.4, 0.5) is 0 Å². The molecule has 1 aromatic carbocycles. The van der Waals surface area contributed by atoms with Crippen LogP contribution in [0.25, 0.3) is 0 Å². The lowest BCUT2D eigenvalue weighted by atomic mass is 9.81. The highest BCUT2D eigenvalue weighted by Crippen LogP contribution is 2.29. The van der Waals surface area contributed by atoms with E-state index < -0.39 is 32.9 Å². The van der Waals surface area contributed by atoms with E-state index in [1.54, 1.807) is 20.8 Å². The number of sulfonamides is 1. The van der Waals surface area contributed by atoms with Crippen LogP contribution in [0, 0.1) is 0 Å². The first-order chi connectivity index (χ1) is 12.4. The van der Waals surface area contributed by atoms with Crippen LogP contribution in [0.1, 0.15) is 63.2 Å². The minimum Gasteiger partial charge on any atom is -0.368 e. The summed E-state index contributed by atoms with van der Waals surface area (Å²) in [5, 5.41) is 2.73. The molecule has 2 rings (SSSR count). The van der Waals surface area contributed by atoms with Crippen molar-refractivity contribution in [2.75, 3.05) is 0 Å². The van der Waals surface area contributed by atoms with Gasteiger partial charge in [-0.25, -0.2) is 13.1 Å². The van der Waals surface area contributed by atoms with Crippen molar-refractivity contribution in [2.24, 2.45) is 5.73 Å². The van der Waals surface area contributed by atoms with Gasteiger partial charge >= 0.3 is 0 Å². The van der Waals surface area contributed by atoms with E-state index in [4.69, 9.17) is 17.3 Å². The summed E-state index contributed by atoms with van der Waals surface area (Å²) in [5.74, 6) is -1.13. The number of nitrogens with one attached hydrogen (secondary N) is 2. The molecule has 27 heavy (non-hydrogen) atoms. The second-order valence-electron chi connectivity index (χ2n) is 7.96. The highest BCUT2D eigenvalue weighted by molar-refractivity contribution is 7.89. The lowest BCUT2D eigenvalue weighted by molar-refractivity contribution is -0.125. The van der Waals surface area contributed by atoms with Crippen molar-refractivity contribution in [3.05, 3.63) is 28.8 Å². The van der Waals surface area contributed by atoms with Crippen molar-refractivity contribution < 1.29 is 18.0 Å². The molecule has 0 aliphatic heterocycles. The summed E-state index contributed by atoms with van der Waals surface area (Å²) in [4.78, 5) is 24.5. The Labute approximate surface area is 165 Å². The van der Waals surface area contributed by atoms with Gasteiger partial charge in [-0.2, -0.15) is 0 Å². The average molecular weight is 416 g/mol. The normalized spacial score (nSPS) is 17.3. The Morgan fingerprint density at radius 1 is 1.15 bits per heavy atom. The van der Waals surface area contributed by atoms with E-state index in [-0.39, 0.29) is 15.5 Å². The molecule has 9 heteroatoms. The maximum atomic E-state index is 12.7. The van der Waals surface area contributed by atoms with Gasteiger partial charge in [0.25, 0.3) is 5.91 Å². The summed E-state index contributed by atoms with van der Waals surface area (Å²) in [7, 11) is -3.92. The quantitative estimate of drug-likeness (QED) is 0.683. The van der Waals surface area contributed by atoms with Crippen LogP contribution in [-0.4, -0.2) is 31.3 Å². The zero-order valence-corrected chi connectivity index (χ0v) is 17.3. The summed E-state index contributed by atoms with van der Waals surface area (Å²) in [5.41, 5.74) is 3.83. The van der Waals surface area contributed by atoms with E-state index in [1.165, 1.54) is 18.2 Å². The number of halogens is 1. The molecule has 1 aromatic rings. The molecule has 150 valence electrons. The van der Waals surface area contributed by atoms with Crippen molar-refractivity contribution >= 4 is 33.4 Å². The third-order valence-corrected chi connectivity index (χ3v) is 6.69. The van der Waals surface area contributed by atoms with E-state index in [9.17, 15) is 18.0 Å². The number of hydrogen-bond donors (Lipinski definition) is 3. The molecule has 0 atom stereocenters. The molecule has 0 bridgehead atoms. The first-order valence-electron chi connectivity index (χ1n) is 8.82. The number of primary amides is 1. The van der Waals surface area contributed by atoms with Crippen LogP contribution in [0.2, 0.25) is 5.02 Å². The Hall–Kier alpha value is -1.64. The molecule has 1 fully saturated rings. The molecular weight excluding hydrogens is 390 g/mol. The third kappa shape index (κ3) is 5.21. The van der Waals surface area contributed by atoms with Crippen LogP contribution in [0.15, 0.2) is 23.1 Å². The molecule has 0 saturated heterocycles. The maximum absolute atomic E-state index is 12.7. The number of carbonyl (C=O) groups is 2. The van der Waals surface area contributed by atoms with Gasteiger partial charge in [0.15, 0.2) is 0 Å². The van der Waals surface area contributed by atoms with Gasteiger partial charge in [-0.1, -0.05) is 30.9 Å². The van der Waals surface area contributed by atoms with E-state index in [1.807, 2.05) is 0 Å². The average Bonchev–Trinajstić information content (AvgIpc) is 2.53. The molecule has 0 heterocycles. The minimum absolute atomic E-state index is 0.00517. The van der Waals surface area contributed by atoms with Gasteiger partial charge in [0.1, 0.15) is 10.4 Å². The number of nitrogens with two attached hydrogens (primary N) is 1. The van der Waals surface area contributed by atoms with Gasteiger partial charge in [-0.15, -0.1) is 0 Å². The number of hydrogen-bond acceptors (Lipinski definition) is 4. The summed E-state index contributed by atoms with van der Waals surface area (Å²) in [6, 6.07) is 3.99. The summed E-state index contributed by atoms with van der Waals surface area (Å²) in [6.45, 7) is 5.11. The van der Waals surface area contributed by atoms with Gasteiger partial charge in [0, 0.05) is 11.1 Å². The Morgan fingerprint density at radius 3 is 2.26 bits per heavy atom. The standard InChI is InChI=1S/C18H26ClN3O4S/c1-17(2,3)22-27(25,26)14-11-12(7-8-13(14)19)15(23)21-18(16(20)24)9-5-4-6-10-18/h7-8,11,22H,4-6,9-10H2,1-3H3,(H2,20,24)(H,21,23). The topological polar surface area (TPSA) is 118 Å². The zero-order chi connectivity index (χ0) is 20.5. The summed E-state index contributed by atoms with van der Waals surface area (Å²) >= 11 is 6.06. The van der Waals surface area contributed by atoms with Gasteiger partial charge in [0.05, 0.1) is 5.02 Å². The Balaban J connectivity index is 2.34. The summed E-state index contributed by atoms with van der Waals surface area (Å²) < 4.78 is 27.7. The zero-order valence-electron chi connectivity index (χ0n) is 15.8. The Morgan fingerprint density at radius 2 is 1.74 bits per heavy atom. The molecule has 4 N–H and O–H groups in total. The minimum atomic E-state index is -3.92. The molecule has 0 spiro atoms. The van der Waals surface area contributed by atoms with Crippen molar-refractivity contribution in [1.29, 1.82) is 0 Å². The third-order valence-electron chi connectivity index (χ3n) is 4.46. The monoisotopic (exact) mass is 415 g/mol. The van der Waals surface area contributed by atoms with Crippen molar-refractivity contribution in [2.45, 2.75) is 68.8 Å². The number of rotatable bonds is 5. The molecule has 7 nitrogen and oxygen atoms in total. The second-order valence-corrected chi connectivity index (χ2v) is 10.0. The van der Waals surface area contributed by atoms with Crippen LogP contribution < -0.4 is 15.8 Å². The van der Waals surface area contributed by atoms with Gasteiger partial charge in [-0.3, -0.25) is 9.59 Å². The molecule has 2 amide bonds. The Bertz CT molecular complexity index is 841. The number of amides is 2. The van der Waals surface area contributed by atoms with E-state index in [2.05, 4.69) is 10.0 Å². The molecule has 1 saturated carbocycles. The van der Waals surface area contributed by atoms with Crippen LogP contribution in [0.3, 0.4) is 0 Å². The molecule has 1 aliphatic rings. The predicted octanol–water partition coefficient (Wildman–Crippen LogP) is 2.33. The van der Waals surface area contributed by atoms with Crippen molar-refractivity contribution in [1.82, 2.24) is 10.0 Å². The first kappa shape index (κ1) is 21.7. The largest absolute Gasteiger partial charge is 0.368 e. The van der Waals surface area contributed by atoms with Crippen LogP contribution >= 0.6 is 11.6 Å². The molecule has 0 radical (unpaired) electrons. The van der Waals surface area contributed by atoms with Crippen molar-refractivity contribution in [3.8, 4) is 0 Å². The summed E-state index contributed by atoms with van der Waals surface area (Å²) in [6.07, 6.45) is 3.50. The number of carbonyl (C=O) groups excluding carboxylic acids is 2. The SMILES string of the molecule is CC(C)(C)NS(=O)(=O)c1cc(C(=O)NC2(C(N)=O)CCCCC2)ccc1Cl. The lowest BCUT2D eigenvalue weighted by Crippen LogP contribution is -2.58. The maximum Gasteiger partial charge on any atom is 0.252 e. The van der Waals surface area contributed by atoms with Gasteiger partial charge < -0.3 is 11.1 Å². The second kappa shape index (κ2) is 7.77. The predicted molar refractivity (Wildman–Crippen MR) is 104 cm³/mol. The first-order valence-corrected chi connectivity index (χ1v) is 10.7. The molecule has 0 aromatic heterocycles. The van der Waals surface area contributed by atoms with E-state index >= 15 is 0 Å². The van der Waals surface area contributed by atoms with Gasteiger partial charge in [0.2, 0.25) is 15.9 Å².